The van der Waals surface area contributed by atoms with Crippen LogP contribution in [0.25, 0.3) is 0 Å². The third-order valence-electron chi connectivity index (χ3n) is 1.13. The van der Waals surface area contributed by atoms with E-state index in [-0.39, 0.29) is 5.48 Å². The minimum Gasteiger partial charge on any atom is -0.412 e. The summed E-state index contributed by atoms with van der Waals surface area (Å²) in [4.78, 5) is 0. The topological polar surface area (TPSA) is 34.5 Å². The molecule has 58 valence electrons. The largest absolute Gasteiger partial charge is 0.412 e. The lowest BCUT2D eigenvalue weighted by molar-refractivity contribution is -0.396. The number of hydrogen-bond acceptors (Lipinski definition) is 0. The van der Waals surface area contributed by atoms with Gasteiger partial charge >= 0.3 is 0 Å². The van der Waals surface area contributed by atoms with Crippen molar-refractivity contribution in [2.45, 2.75) is 6.92 Å². The monoisotopic (exact) mass is 149 g/mol. The van der Waals surface area contributed by atoms with E-state index in [0.29, 0.717) is 0 Å². The quantitative estimate of drug-likeness (QED) is 0.273. The van der Waals surface area contributed by atoms with Crippen molar-refractivity contribution in [3.8, 4) is 11.8 Å². The van der Waals surface area contributed by atoms with Gasteiger partial charge in [0.2, 0.25) is 0 Å². The smallest absolute Gasteiger partial charge is 0.102 e. The molecule has 1 aliphatic rings. The van der Waals surface area contributed by atoms with E-state index < -0.39 is 0 Å². The lowest BCUT2D eigenvalue weighted by atomic mass is 10.2. The summed E-state index contributed by atoms with van der Waals surface area (Å²) in [7, 11) is 0. The van der Waals surface area contributed by atoms with Crippen LogP contribution in [0.15, 0.2) is 23.9 Å². The molecule has 0 amide bonds. The fourth-order valence-corrected chi connectivity index (χ4v) is 0.740. The van der Waals surface area contributed by atoms with E-state index in [1.807, 2.05) is 31.8 Å². The Balaban J connectivity index is 0.000001000. The second kappa shape index (κ2) is 4.37. The van der Waals surface area contributed by atoms with Gasteiger partial charge in [0.1, 0.15) is 6.20 Å². The normalized spacial score (nSPS) is 13.5. The van der Waals surface area contributed by atoms with E-state index in [4.69, 9.17) is 0 Å². The Kier molecular flexibility index (Phi) is 3.79. The maximum absolute atomic E-state index is 3.71. The molecule has 0 saturated carbocycles. The van der Waals surface area contributed by atoms with E-state index >= 15 is 0 Å². The Morgan fingerprint density at radius 1 is 1.64 bits per heavy atom. The van der Waals surface area contributed by atoms with Gasteiger partial charge in [-0.1, -0.05) is 12.0 Å². The molecule has 0 atom stereocenters. The van der Waals surface area contributed by atoms with Crippen LogP contribution in [0.3, 0.4) is 0 Å². The average molecular weight is 149 g/mol. The SMILES string of the molecule is C=[N+]1C=C(C#CC)C=C[CH-]1.O. The van der Waals surface area contributed by atoms with Crippen molar-refractivity contribution in [2.75, 3.05) is 0 Å². The van der Waals surface area contributed by atoms with Crippen LogP contribution >= 0.6 is 0 Å². The van der Waals surface area contributed by atoms with Crippen molar-refractivity contribution in [3.05, 3.63) is 30.5 Å². The van der Waals surface area contributed by atoms with Crippen LogP contribution in [0.1, 0.15) is 6.92 Å². The average Bonchev–Trinajstić information content (AvgIpc) is 1.88. The molecule has 0 spiro atoms. The Bertz CT molecular complexity index is 263. The van der Waals surface area contributed by atoms with Crippen LogP contribution in [0.4, 0.5) is 0 Å². The molecule has 2 heteroatoms. The molecular weight excluding hydrogens is 138 g/mol. The van der Waals surface area contributed by atoms with Crippen LogP contribution in [0, 0.1) is 18.4 Å². The predicted octanol–water partition coefficient (Wildman–Crippen LogP) is 0.514. The first-order valence-electron chi connectivity index (χ1n) is 3.08. The van der Waals surface area contributed by atoms with E-state index in [1.165, 1.54) is 0 Å². The molecule has 0 radical (unpaired) electrons. The summed E-state index contributed by atoms with van der Waals surface area (Å²) in [5.74, 6) is 5.76. The molecule has 0 aliphatic carbocycles. The summed E-state index contributed by atoms with van der Waals surface area (Å²) in [6.07, 6.45) is 5.77. The first kappa shape index (κ1) is 9.54. The van der Waals surface area contributed by atoms with Crippen molar-refractivity contribution in [3.63, 3.8) is 0 Å². The van der Waals surface area contributed by atoms with Gasteiger partial charge in [-0.25, -0.2) is 0 Å². The first-order valence-corrected chi connectivity index (χ1v) is 3.08. The molecule has 0 aromatic heterocycles. The Labute approximate surface area is 66.9 Å². The molecule has 0 aromatic rings. The number of hydrogen-bond donors (Lipinski definition) is 0. The summed E-state index contributed by atoms with van der Waals surface area (Å²) in [6, 6.07) is 0. The number of allylic oxidation sites excluding steroid dienone is 2. The Morgan fingerprint density at radius 2 is 2.36 bits per heavy atom. The highest BCUT2D eigenvalue weighted by atomic mass is 16.0. The predicted molar refractivity (Wildman–Crippen MR) is 46.0 cm³/mol. The van der Waals surface area contributed by atoms with Gasteiger partial charge in [-0.2, -0.15) is 0 Å². The van der Waals surface area contributed by atoms with Crippen molar-refractivity contribution < 1.29 is 10.1 Å². The lowest BCUT2D eigenvalue weighted by Crippen LogP contribution is -1.99. The molecule has 1 aliphatic heterocycles. The first-order chi connectivity index (χ1) is 4.83. The van der Waals surface area contributed by atoms with Crippen LogP contribution in [0.2, 0.25) is 0 Å². The van der Waals surface area contributed by atoms with Crippen molar-refractivity contribution >= 4 is 6.72 Å². The highest BCUT2D eigenvalue weighted by Crippen LogP contribution is 2.03. The third kappa shape index (κ3) is 2.74. The van der Waals surface area contributed by atoms with Gasteiger partial charge in [-0.15, -0.1) is 12.0 Å². The number of nitrogens with zero attached hydrogens (tertiary/aromatic N) is 1. The molecule has 0 unspecified atom stereocenters. The highest BCUT2D eigenvalue weighted by Gasteiger charge is 1.93. The molecule has 2 nitrogen and oxygen atoms in total. The minimum atomic E-state index is 0. The van der Waals surface area contributed by atoms with Crippen LogP contribution in [0.5, 0.6) is 0 Å². The molecular formula is C9H11NO. The van der Waals surface area contributed by atoms with Crippen molar-refractivity contribution in [1.82, 2.24) is 0 Å². The van der Waals surface area contributed by atoms with E-state index in [0.717, 1.165) is 5.57 Å². The zero-order chi connectivity index (χ0) is 7.40. The molecule has 2 N–H and O–H groups in total. The standard InChI is InChI=1S/C9H9N.H2O/c1-3-5-9-6-4-7-10(2)8-9;/h4,6-8H,2H2,1H3;1H2. The van der Waals surface area contributed by atoms with Gasteiger partial charge < -0.3 is 5.48 Å². The van der Waals surface area contributed by atoms with Crippen molar-refractivity contribution in [2.24, 2.45) is 0 Å². The summed E-state index contributed by atoms with van der Waals surface area (Å²) in [6.45, 7) is 7.41. The minimum absolute atomic E-state index is 0. The summed E-state index contributed by atoms with van der Waals surface area (Å²) < 4.78 is 1.74. The van der Waals surface area contributed by atoms with Crippen molar-refractivity contribution in [1.29, 1.82) is 0 Å². The van der Waals surface area contributed by atoms with Crippen LogP contribution in [-0.2, 0) is 0 Å². The molecule has 1 heterocycles. The molecule has 1 rings (SSSR count). The summed E-state index contributed by atoms with van der Waals surface area (Å²) in [5, 5.41) is 0. The van der Waals surface area contributed by atoms with E-state index in [9.17, 15) is 0 Å². The van der Waals surface area contributed by atoms with Gasteiger partial charge in [0.05, 0.1) is 13.3 Å². The van der Waals surface area contributed by atoms with E-state index in [2.05, 4.69) is 18.6 Å². The maximum atomic E-state index is 3.71. The van der Waals surface area contributed by atoms with E-state index in [1.54, 1.807) is 4.58 Å². The zero-order valence-corrected chi connectivity index (χ0v) is 6.46. The third-order valence-corrected chi connectivity index (χ3v) is 1.13. The van der Waals surface area contributed by atoms with Gasteiger partial charge in [-0.05, 0) is 6.92 Å². The van der Waals surface area contributed by atoms with Gasteiger partial charge in [0.25, 0.3) is 0 Å². The summed E-state index contributed by atoms with van der Waals surface area (Å²) in [5.41, 5.74) is 1.00. The summed E-state index contributed by atoms with van der Waals surface area (Å²) >= 11 is 0. The maximum Gasteiger partial charge on any atom is 0.102 e. The lowest BCUT2D eigenvalue weighted by Gasteiger charge is -2.03. The Morgan fingerprint density at radius 3 is 2.91 bits per heavy atom. The Hall–Kier alpha value is -1.46. The molecule has 0 aromatic carbocycles. The van der Waals surface area contributed by atoms with Gasteiger partial charge in [-0.3, -0.25) is 4.58 Å². The van der Waals surface area contributed by atoms with Gasteiger partial charge in [0.15, 0.2) is 0 Å². The second-order valence-electron chi connectivity index (χ2n) is 1.98. The fourth-order valence-electron chi connectivity index (χ4n) is 0.740. The zero-order valence-electron chi connectivity index (χ0n) is 6.46. The molecule has 0 fully saturated rings. The molecule has 11 heavy (non-hydrogen) atoms. The van der Waals surface area contributed by atoms with Crippen LogP contribution in [-0.4, -0.2) is 16.8 Å². The molecule has 0 bridgehead atoms. The van der Waals surface area contributed by atoms with Crippen LogP contribution < -0.4 is 0 Å². The van der Waals surface area contributed by atoms with Gasteiger partial charge in [0, 0.05) is 5.57 Å². The second-order valence-corrected chi connectivity index (χ2v) is 1.98. The molecule has 0 saturated heterocycles. The fraction of sp³-hybridized carbons (Fsp3) is 0.111. The highest BCUT2D eigenvalue weighted by molar-refractivity contribution is 5.39. The number of rotatable bonds is 0.